The first-order chi connectivity index (χ1) is 11.6. The minimum absolute atomic E-state index is 0.00203. The summed E-state index contributed by atoms with van der Waals surface area (Å²) in [7, 11) is 5.20. The fourth-order valence-corrected chi connectivity index (χ4v) is 3.16. The van der Waals surface area contributed by atoms with Crippen LogP contribution in [-0.2, 0) is 23.1 Å². The summed E-state index contributed by atoms with van der Waals surface area (Å²) in [6.45, 7) is 1.02. The van der Waals surface area contributed by atoms with E-state index >= 15 is 0 Å². The lowest BCUT2D eigenvalue weighted by Crippen LogP contribution is -2.33. The first-order valence-electron chi connectivity index (χ1n) is 7.89. The SMILES string of the molecule is COCc1cccc(C(=O)N2C[C@H](OC)C[C@H]2c2nncn2C)c1. The molecule has 0 radical (unpaired) electrons. The van der Waals surface area contributed by atoms with Crippen molar-refractivity contribution in [2.45, 2.75) is 25.2 Å². The summed E-state index contributed by atoms with van der Waals surface area (Å²) in [6, 6.07) is 7.39. The van der Waals surface area contributed by atoms with Gasteiger partial charge in [0.05, 0.1) is 18.8 Å². The first-order valence-corrected chi connectivity index (χ1v) is 7.89. The zero-order valence-electron chi connectivity index (χ0n) is 14.2. The molecule has 0 saturated carbocycles. The molecule has 7 heteroatoms. The maximum Gasteiger partial charge on any atom is 0.254 e. The molecule has 2 aromatic rings. The summed E-state index contributed by atoms with van der Waals surface area (Å²) in [5, 5.41) is 8.12. The molecule has 1 aromatic heterocycles. The molecule has 128 valence electrons. The van der Waals surface area contributed by atoms with Crippen LogP contribution < -0.4 is 0 Å². The van der Waals surface area contributed by atoms with Gasteiger partial charge < -0.3 is 18.9 Å². The van der Waals surface area contributed by atoms with Crippen molar-refractivity contribution < 1.29 is 14.3 Å². The van der Waals surface area contributed by atoms with Gasteiger partial charge in [0.25, 0.3) is 5.91 Å². The van der Waals surface area contributed by atoms with Gasteiger partial charge in [-0.3, -0.25) is 4.79 Å². The molecule has 24 heavy (non-hydrogen) atoms. The van der Waals surface area contributed by atoms with Crippen LogP contribution in [0.15, 0.2) is 30.6 Å². The summed E-state index contributed by atoms with van der Waals surface area (Å²) in [5.41, 5.74) is 1.62. The number of nitrogens with zero attached hydrogens (tertiary/aromatic N) is 4. The van der Waals surface area contributed by atoms with E-state index in [0.717, 1.165) is 11.4 Å². The quantitative estimate of drug-likeness (QED) is 0.832. The van der Waals surface area contributed by atoms with E-state index in [1.54, 1.807) is 20.5 Å². The summed E-state index contributed by atoms with van der Waals surface area (Å²) < 4.78 is 12.5. The van der Waals surface area contributed by atoms with Crippen molar-refractivity contribution in [2.24, 2.45) is 7.05 Å². The molecule has 2 atom stereocenters. The fourth-order valence-electron chi connectivity index (χ4n) is 3.16. The molecule has 0 bridgehead atoms. The van der Waals surface area contributed by atoms with Crippen molar-refractivity contribution in [2.75, 3.05) is 20.8 Å². The maximum atomic E-state index is 13.1. The summed E-state index contributed by atoms with van der Waals surface area (Å²) in [5.74, 6) is 0.747. The van der Waals surface area contributed by atoms with Gasteiger partial charge in [-0.1, -0.05) is 12.1 Å². The van der Waals surface area contributed by atoms with Gasteiger partial charge in [-0.15, -0.1) is 10.2 Å². The number of aryl methyl sites for hydroxylation is 1. The fraction of sp³-hybridized carbons (Fsp3) is 0.471. The largest absolute Gasteiger partial charge is 0.380 e. The van der Waals surface area contributed by atoms with Gasteiger partial charge in [-0.2, -0.15) is 0 Å². The van der Waals surface area contributed by atoms with Gasteiger partial charge in [0, 0.05) is 39.8 Å². The molecule has 1 aliphatic rings. The lowest BCUT2D eigenvalue weighted by Gasteiger charge is -2.24. The van der Waals surface area contributed by atoms with E-state index in [-0.39, 0.29) is 18.1 Å². The third kappa shape index (κ3) is 3.18. The average Bonchev–Trinajstić information content (AvgIpc) is 3.20. The molecule has 0 aliphatic carbocycles. The standard InChI is InChI=1S/C17H22N4O3/c1-20-11-18-19-16(20)15-8-14(24-3)9-21(15)17(22)13-6-4-5-12(7-13)10-23-2/h4-7,11,14-15H,8-10H2,1-3H3/t14-,15+/m1/s1. The van der Waals surface area contributed by atoms with Gasteiger partial charge in [0.2, 0.25) is 0 Å². The van der Waals surface area contributed by atoms with Crippen molar-refractivity contribution in [3.63, 3.8) is 0 Å². The topological polar surface area (TPSA) is 69.5 Å². The van der Waals surface area contributed by atoms with Crippen LogP contribution in [0.1, 0.15) is 34.2 Å². The molecular weight excluding hydrogens is 308 g/mol. The van der Waals surface area contributed by atoms with E-state index in [1.807, 2.05) is 40.8 Å². The lowest BCUT2D eigenvalue weighted by atomic mass is 10.1. The van der Waals surface area contributed by atoms with Gasteiger partial charge >= 0.3 is 0 Å². The second-order valence-electron chi connectivity index (χ2n) is 6.00. The van der Waals surface area contributed by atoms with Crippen LogP contribution in [-0.4, -0.2) is 52.4 Å². The predicted molar refractivity (Wildman–Crippen MR) is 87.3 cm³/mol. The smallest absolute Gasteiger partial charge is 0.254 e. The summed E-state index contributed by atoms with van der Waals surface area (Å²) in [6.07, 6.45) is 2.36. The summed E-state index contributed by atoms with van der Waals surface area (Å²) >= 11 is 0. The number of hydrogen-bond acceptors (Lipinski definition) is 5. The Bertz CT molecular complexity index is 715. The van der Waals surface area contributed by atoms with Crippen LogP contribution in [0, 0.1) is 0 Å². The normalized spacial score (nSPS) is 20.5. The Morgan fingerprint density at radius 1 is 1.38 bits per heavy atom. The second kappa shape index (κ2) is 7.11. The van der Waals surface area contributed by atoms with E-state index in [0.29, 0.717) is 25.1 Å². The van der Waals surface area contributed by atoms with Gasteiger partial charge in [0.1, 0.15) is 6.33 Å². The average molecular weight is 330 g/mol. The highest BCUT2D eigenvalue weighted by atomic mass is 16.5. The number of carbonyl (C=O) groups is 1. The second-order valence-corrected chi connectivity index (χ2v) is 6.00. The number of rotatable bonds is 5. The van der Waals surface area contributed by atoms with Crippen LogP contribution in [0.4, 0.5) is 0 Å². The Balaban J connectivity index is 1.89. The number of benzene rings is 1. The van der Waals surface area contributed by atoms with Crippen molar-refractivity contribution >= 4 is 5.91 Å². The number of carbonyl (C=O) groups excluding carboxylic acids is 1. The third-order valence-corrected chi connectivity index (χ3v) is 4.39. The van der Waals surface area contributed by atoms with Gasteiger partial charge in [-0.25, -0.2) is 0 Å². The molecule has 1 saturated heterocycles. The highest BCUT2D eigenvalue weighted by Gasteiger charge is 2.39. The van der Waals surface area contributed by atoms with Crippen LogP contribution in [0.5, 0.6) is 0 Å². The Labute approximate surface area is 141 Å². The molecule has 1 aromatic carbocycles. The van der Waals surface area contributed by atoms with Crippen LogP contribution >= 0.6 is 0 Å². The molecule has 1 aliphatic heterocycles. The Morgan fingerprint density at radius 3 is 2.88 bits per heavy atom. The Morgan fingerprint density at radius 2 is 2.21 bits per heavy atom. The molecule has 0 spiro atoms. The lowest BCUT2D eigenvalue weighted by molar-refractivity contribution is 0.0682. The number of amides is 1. The number of ether oxygens (including phenoxy) is 2. The first kappa shape index (κ1) is 16.6. The minimum atomic E-state index is -0.138. The Hall–Kier alpha value is -2.25. The number of hydrogen-bond donors (Lipinski definition) is 0. The van der Waals surface area contributed by atoms with Crippen molar-refractivity contribution in [3.8, 4) is 0 Å². The van der Waals surface area contributed by atoms with Gasteiger partial charge in [0.15, 0.2) is 5.82 Å². The van der Waals surface area contributed by atoms with Crippen molar-refractivity contribution in [1.29, 1.82) is 0 Å². The van der Waals surface area contributed by atoms with E-state index < -0.39 is 0 Å². The zero-order chi connectivity index (χ0) is 17.1. The minimum Gasteiger partial charge on any atom is -0.380 e. The van der Waals surface area contributed by atoms with E-state index in [1.165, 1.54) is 0 Å². The molecule has 0 unspecified atom stereocenters. The van der Waals surface area contributed by atoms with E-state index in [4.69, 9.17) is 9.47 Å². The highest BCUT2D eigenvalue weighted by Crippen LogP contribution is 2.33. The molecule has 2 heterocycles. The molecule has 7 nitrogen and oxygen atoms in total. The van der Waals surface area contributed by atoms with E-state index in [9.17, 15) is 4.79 Å². The molecule has 1 fully saturated rings. The van der Waals surface area contributed by atoms with Crippen LogP contribution in [0.2, 0.25) is 0 Å². The maximum absolute atomic E-state index is 13.1. The number of likely N-dealkylation sites (tertiary alicyclic amines) is 1. The van der Waals surface area contributed by atoms with Crippen LogP contribution in [0.3, 0.4) is 0 Å². The van der Waals surface area contributed by atoms with Gasteiger partial charge in [-0.05, 0) is 17.7 Å². The Kier molecular flexibility index (Phi) is 4.92. The van der Waals surface area contributed by atoms with Crippen molar-refractivity contribution in [1.82, 2.24) is 19.7 Å². The molecule has 3 rings (SSSR count). The molecule has 0 N–H and O–H groups in total. The third-order valence-electron chi connectivity index (χ3n) is 4.39. The van der Waals surface area contributed by atoms with E-state index in [2.05, 4.69) is 10.2 Å². The number of methoxy groups -OCH3 is 2. The zero-order valence-corrected chi connectivity index (χ0v) is 14.2. The molecular formula is C17H22N4O3. The highest BCUT2D eigenvalue weighted by molar-refractivity contribution is 5.94. The predicted octanol–water partition coefficient (Wildman–Crippen LogP) is 1.56. The van der Waals surface area contributed by atoms with Crippen molar-refractivity contribution in [3.05, 3.63) is 47.5 Å². The van der Waals surface area contributed by atoms with Crippen LogP contribution in [0.25, 0.3) is 0 Å². The monoisotopic (exact) mass is 330 g/mol. The number of aromatic nitrogens is 3. The molecule has 1 amide bonds. The summed E-state index contributed by atoms with van der Waals surface area (Å²) in [4.78, 5) is 14.9.